The fraction of sp³-hybridized carbons (Fsp3) is 0.235. The minimum absolute atomic E-state index is 0.167. The van der Waals surface area contributed by atoms with Gasteiger partial charge in [0.15, 0.2) is 0 Å². The van der Waals surface area contributed by atoms with Gasteiger partial charge in [-0.1, -0.05) is 0 Å². The minimum atomic E-state index is -0.170. The van der Waals surface area contributed by atoms with Crippen molar-refractivity contribution in [1.82, 2.24) is 24.9 Å². The Balaban J connectivity index is 1.75. The SMILES string of the molecule is CNC(=O)c1ccc(NC(=O)Cc2c(C)nc3ncnn3c2C)cc1. The molecule has 3 rings (SSSR count). The Morgan fingerprint density at radius 2 is 1.88 bits per heavy atom. The number of amides is 2. The zero-order chi connectivity index (χ0) is 18.0. The summed E-state index contributed by atoms with van der Waals surface area (Å²) in [6, 6.07) is 6.71. The topological polar surface area (TPSA) is 101 Å². The van der Waals surface area contributed by atoms with Crippen LogP contribution < -0.4 is 10.6 Å². The van der Waals surface area contributed by atoms with Crippen LogP contribution in [-0.4, -0.2) is 38.4 Å². The highest BCUT2D eigenvalue weighted by Gasteiger charge is 2.14. The standard InChI is InChI=1S/C17H18N6O2/c1-10-14(11(2)23-17(21-10)19-9-20-23)8-15(24)22-13-6-4-12(5-7-13)16(25)18-3/h4-7,9H,8H2,1-3H3,(H,18,25)(H,22,24). The van der Waals surface area contributed by atoms with E-state index >= 15 is 0 Å². The lowest BCUT2D eigenvalue weighted by atomic mass is 10.1. The maximum atomic E-state index is 12.4. The lowest BCUT2D eigenvalue weighted by Crippen LogP contribution is -2.19. The first kappa shape index (κ1) is 16.6. The van der Waals surface area contributed by atoms with Crippen molar-refractivity contribution < 1.29 is 9.59 Å². The maximum absolute atomic E-state index is 12.4. The van der Waals surface area contributed by atoms with Crippen molar-refractivity contribution >= 4 is 23.3 Å². The molecule has 0 bridgehead atoms. The quantitative estimate of drug-likeness (QED) is 0.746. The number of nitrogens with zero attached hydrogens (tertiary/aromatic N) is 4. The highest BCUT2D eigenvalue weighted by Crippen LogP contribution is 2.15. The molecule has 1 aromatic carbocycles. The van der Waals surface area contributed by atoms with E-state index in [4.69, 9.17) is 0 Å². The Kier molecular flexibility index (Phi) is 4.42. The zero-order valence-corrected chi connectivity index (χ0v) is 14.2. The lowest BCUT2D eigenvalue weighted by Gasteiger charge is -2.11. The summed E-state index contributed by atoms with van der Waals surface area (Å²) in [5.74, 6) is 0.181. The van der Waals surface area contributed by atoms with E-state index in [0.717, 1.165) is 17.0 Å². The molecule has 8 heteroatoms. The molecule has 8 nitrogen and oxygen atoms in total. The molecule has 0 aliphatic heterocycles. The van der Waals surface area contributed by atoms with Gasteiger partial charge in [-0.05, 0) is 38.1 Å². The van der Waals surface area contributed by atoms with E-state index in [1.54, 1.807) is 35.8 Å². The third-order valence-corrected chi connectivity index (χ3v) is 3.98. The molecule has 0 aliphatic rings. The normalized spacial score (nSPS) is 10.7. The van der Waals surface area contributed by atoms with E-state index in [2.05, 4.69) is 25.7 Å². The summed E-state index contributed by atoms with van der Waals surface area (Å²) in [6.45, 7) is 3.74. The highest BCUT2D eigenvalue weighted by atomic mass is 16.2. The van der Waals surface area contributed by atoms with Gasteiger partial charge in [-0.25, -0.2) is 9.50 Å². The summed E-state index contributed by atoms with van der Waals surface area (Å²) in [5, 5.41) is 9.50. The number of hydrogen-bond donors (Lipinski definition) is 2. The number of aryl methyl sites for hydroxylation is 2. The van der Waals surface area contributed by atoms with E-state index in [-0.39, 0.29) is 18.2 Å². The molecule has 0 unspecified atom stereocenters. The summed E-state index contributed by atoms with van der Waals surface area (Å²) < 4.78 is 1.62. The van der Waals surface area contributed by atoms with E-state index in [1.807, 2.05) is 13.8 Å². The van der Waals surface area contributed by atoms with Crippen LogP contribution in [0.5, 0.6) is 0 Å². The molecule has 3 aromatic rings. The van der Waals surface area contributed by atoms with Crippen molar-refractivity contribution in [3.05, 3.63) is 53.1 Å². The second-order valence-corrected chi connectivity index (χ2v) is 5.61. The van der Waals surface area contributed by atoms with Gasteiger partial charge in [0, 0.05) is 35.2 Å². The van der Waals surface area contributed by atoms with Gasteiger partial charge in [0.2, 0.25) is 5.91 Å². The molecule has 0 saturated heterocycles. The van der Waals surface area contributed by atoms with Gasteiger partial charge in [0.05, 0.1) is 6.42 Å². The van der Waals surface area contributed by atoms with Crippen LogP contribution in [0.25, 0.3) is 5.78 Å². The summed E-state index contributed by atoms with van der Waals surface area (Å²) >= 11 is 0. The number of hydrogen-bond acceptors (Lipinski definition) is 5. The van der Waals surface area contributed by atoms with Crippen molar-refractivity contribution in [3.8, 4) is 0 Å². The van der Waals surface area contributed by atoms with Gasteiger partial charge in [-0.15, -0.1) is 0 Å². The molecule has 128 valence electrons. The van der Waals surface area contributed by atoms with Gasteiger partial charge in [0.1, 0.15) is 6.33 Å². The van der Waals surface area contributed by atoms with Crippen LogP contribution in [0.1, 0.15) is 27.3 Å². The molecule has 0 aliphatic carbocycles. The number of anilines is 1. The van der Waals surface area contributed by atoms with Crippen LogP contribution in [0.4, 0.5) is 5.69 Å². The van der Waals surface area contributed by atoms with Crippen molar-refractivity contribution in [1.29, 1.82) is 0 Å². The second-order valence-electron chi connectivity index (χ2n) is 5.61. The Morgan fingerprint density at radius 1 is 1.16 bits per heavy atom. The molecule has 2 aromatic heterocycles. The average molecular weight is 338 g/mol. The molecule has 25 heavy (non-hydrogen) atoms. The minimum Gasteiger partial charge on any atom is -0.355 e. The van der Waals surface area contributed by atoms with E-state index in [1.165, 1.54) is 6.33 Å². The van der Waals surface area contributed by atoms with E-state index in [0.29, 0.717) is 17.0 Å². The molecule has 2 amide bonds. The summed E-state index contributed by atoms with van der Waals surface area (Å²) in [6.07, 6.45) is 1.62. The smallest absolute Gasteiger partial charge is 0.252 e. The zero-order valence-electron chi connectivity index (χ0n) is 14.2. The molecule has 0 atom stereocenters. The Morgan fingerprint density at radius 3 is 2.56 bits per heavy atom. The Hall–Kier alpha value is -3.29. The number of benzene rings is 1. The molecule has 2 N–H and O–H groups in total. The molecule has 2 heterocycles. The summed E-state index contributed by atoms with van der Waals surface area (Å²) in [4.78, 5) is 32.3. The van der Waals surface area contributed by atoms with Crippen molar-refractivity contribution in [2.45, 2.75) is 20.3 Å². The molecule has 0 saturated carbocycles. The van der Waals surface area contributed by atoms with E-state index in [9.17, 15) is 9.59 Å². The van der Waals surface area contributed by atoms with Crippen molar-refractivity contribution in [2.24, 2.45) is 0 Å². The largest absolute Gasteiger partial charge is 0.355 e. The third-order valence-electron chi connectivity index (χ3n) is 3.98. The average Bonchev–Trinajstić information content (AvgIpc) is 3.07. The fourth-order valence-corrected chi connectivity index (χ4v) is 2.63. The van der Waals surface area contributed by atoms with E-state index < -0.39 is 0 Å². The first-order chi connectivity index (χ1) is 12.0. The number of carbonyl (C=O) groups is 2. The van der Waals surface area contributed by atoms with Gasteiger partial charge < -0.3 is 10.6 Å². The number of nitrogens with one attached hydrogen (secondary N) is 2. The molecule has 0 spiro atoms. The fourth-order valence-electron chi connectivity index (χ4n) is 2.63. The first-order valence-electron chi connectivity index (χ1n) is 7.77. The van der Waals surface area contributed by atoms with Crippen LogP contribution in [0, 0.1) is 13.8 Å². The predicted molar refractivity (Wildman–Crippen MR) is 92.4 cm³/mol. The highest BCUT2D eigenvalue weighted by molar-refractivity contribution is 5.96. The second kappa shape index (κ2) is 6.68. The van der Waals surface area contributed by atoms with Crippen molar-refractivity contribution in [3.63, 3.8) is 0 Å². The van der Waals surface area contributed by atoms with Crippen LogP contribution in [0.3, 0.4) is 0 Å². The lowest BCUT2D eigenvalue weighted by molar-refractivity contribution is -0.115. The molecule has 0 radical (unpaired) electrons. The number of aromatic nitrogens is 4. The Labute approximate surface area is 144 Å². The predicted octanol–water partition coefficient (Wildman–Crippen LogP) is 1.28. The monoisotopic (exact) mass is 338 g/mol. The maximum Gasteiger partial charge on any atom is 0.252 e. The van der Waals surface area contributed by atoms with Gasteiger partial charge in [0.25, 0.3) is 11.7 Å². The van der Waals surface area contributed by atoms with Crippen LogP contribution in [-0.2, 0) is 11.2 Å². The van der Waals surface area contributed by atoms with Gasteiger partial charge >= 0.3 is 0 Å². The number of rotatable bonds is 4. The van der Waals surface area contributed by atoms with Gasteiger partial charge in [-0.3, -0.25) is 9.59 Å². The third kappa shape index (κ3) is 3.32. The van der Waals surface area contributed by atoms with Gasteiger partial charge in [-0.2, -0.15) is 10.1 Å². The van der Waals surface area contributed by atoms with Crippen LogP contribution in [0.2, 0.25) is 0 Å². The molecule has 0 fully saturated rings. The summed E-state index contributed by atoms with van der Waals surface area (Å²) in [7, 11) is 1.57. The Bertz CT molecular complexity index is 946. The first-order valence-corrected chi connectivity index (χ1v) is 7.77. The summed E-state index contributed by atoms with van der Waals surface area (Å²) in [5.41, 5.74) is 3.57. The number of carbonyl (C=O) groups excluding carboxylic acids is 2. The van der Waals surface area contributed by atoms with Crippen LogP contribution in [0.15, 0.2) is 30.6 Å². The van der Waals surface area contributed by atoms with Crippen LogP contribution >= 0.6 is 0 Å². The number of fused-ring (bicyclic) bond motifs is 1. The molecular formula is C17H18N6O2. The molecular weight excluding hydrogens is 320 g/mol. The van der Waals surface area contributed by atoms with Crippen molar-refractivity contribution in [2.75, 3.05) is 12.4 Å².